The van der Waals surface area contributed by atoms with Gasteiger partial charge in [0, 0.05) is 25.3 Å². The average molecular weight is 295 g/mol. The molecule has 112 valence electrons. The fourth-order valence-corrected chi connectivity index (χ4v) is 2.61. The first kappa shape index (κ1) is 14.1. The van der Waals surface area contributed by atoms with Gasteiger partial charge in [-0.15, -0.1) is 0 Å². The number of carbonyl (C=O) groups is 1. The van der Waals surface area contributed by atoms with Crippen LogP contribution in [-0.2, 0) is 14.1 Å². The second kappa shape index (κ2) is 5.18. The Morgan fingerprint density at radius 2 is 1.68 bits per heavy atom. The average Bonchev–Trinajstić information content (AvgIpc) is 2.72. The van der Waals surface area contributed by atoms with Crippen LogP contribution in [0.5, 0.6) is 0 Å². The summed E-state index contributed by atoms with van der Waals surface area (Å²) in [7, 11) is 3.45. The molecule has 0 saturated heterocycles. The predicted molar refractivity (Wildman–Crippen MR) is 87.3 cm³/mol. The van der Waals surface area contributed by atoms with Crippen molar-refractivity contribution in [1.29, 1.82) is 0 Å². The molecule has 5 nitrogen and oxygen atoms in total. The largest absolute Gasteiger partial charge is 0.328 e. The summed E-state index contributed by atoms with van der Waals surface area (Å²) in [4.78, 5) is 24.3. The van der Waals surface area contributed by atoms with Crippen LogP contribution in [0.1, 0.15) is 15.9 Å². The van der Waals surface area contributed by atoms with E-state index >= 15 is 0 Å². The van der Waals surface area contributed by atoms with E-state index in [1.165, 1.54) is 0 Å². The molecule has 0 bridgehead atoms. The highest BCUT2D eigenvalue weighted by Crippen LogP contribution is 2.19. The van der Waals surface area contributed by atoms with Gasteiger partial charge in [0.15, 0.2) is 0 Å². The highest BCUT2D eigenvalue weighted by molar-refractivity contribution is 6.05. The number of hydrogen-bond donors (Lipinski definition) is 1. The molecule has 3 aromatic rings. The lowest BCUT2D eigenvalue weighted by Gasteiger charge is -2.08. The van der Waals surface area contributed by atoms with Crippen LogP contribution in [-0.4, -0.2) is 15.0 Å². The van der Waals surface area contributed by atoms with Crippen LogP contribution in [0, 0.1) is 6.92 Å². The molecule has 1 heterocycles. The number of aromatic nitrogens is 2. The Balaban J connectivity index is 1.98. The van der Waals surface area contributed by atoms with E-state index in [2.05, 4.69) is 5.32 Å². The number of nitrogens with one attached hydrogen (secondary N) is 1. The Labute approximate surface area is 127 Å². The minimum absolute atomic E-state index is 0.0858. The molecule has 0 aliphatic heterocycles. The molecule has 1 aromatic heterocycles. The van der Waals surface area contributed by atoms with Crippen LogP contribution in [0.3, 0.4) is 0 Å². The van der Waals surface area contributed by atoms with E-state index in [1.54, 1.807) is 35.4 Å². The highest BCUT2D eigenvalue weighted by atomic mass is 16.2. The van der Waals surface area contributed by atoms with Crippen LogP contribution in [0.2, 0.25) is 0 Å². The summed E-state index contributed by atoms with van der Waals surface area (Å²) < 4.78 is 3.15. The lowest BCUT2D eigenvalue weighted by atomic mass is 10.1. The second-order valence-electron chi connectivity index (χ2n) is 5.37. The van der Waals surface area contributed by atoms with Gasteiger partial charge in [-0.2, -0.15) is 0 Å². The summed E-state index contributed by atoms with van der Waals surface area (Å²) >= 11 is 0. The fraction of sp³-hybridized carbons (Fsp3) is 0.176. The SMILES string of the molecule is Cc1ccccc1C(=O)Nc1ccc2c(c1)n(C)c(=O)n2C. The number of imidazole rings is 1. The quantitative estimate of drug-likeness (QED) is 0.789. The molecule has 22 heavy (non-hydrogen) atoms. The molecule has 0 aliphatic carbocycles. The molecular weight excluding hydrogens is 278 g/mol. The summed E-state index contributed by atoms with van der Waals surface area (Å²) in [5.74, 6) is -0.154. The minimum Gasteiger partial charge on any atom is -0.322 e. The zero-order valence-corrected chi connectivity index (χ0v) is 12.8. The lowest BCUT2D eigenvalue weighted by molar-refractivity contribution is 0.102. The number of aryl methyl sites for hydroxylation is 3. The normalized spacial score (nSPS) is 10.9. The molecule has 2 aromatic carbocycles. The first-order valence-corrected chi connectivity index (χ1v) is 7.01. The molecule has 5 heteroatoms. The Hall–Kier alpha value is -2.82. The summed E-state index contributed by atoms with van der Waals surface area (Å²) in [5, 5.41) is 2.88. The van der Waals surface area contributed by atoms with E-state index in [9.17, 15) is 9.59 Å². The van der Waals surface area contributed by atoms with Gasteiger partial charge in [-0.1, -0.05) is 18.2 Å². The first-order chi connectivity index (χ1) is 10.5. The van der Waals surface area contributed by atoms with Crippen molar-refractivity contribution in [2.45, 2.75) is 6.92 Å². The zero-order valence-electron chi connectivity index (χ0n) is 12.8. The Morgan fingerprint density at radius 1 is 1.00 bits per heavy atom. The maximum atomic E-state index is 12.3. The van der Waals surface area contributed by atoms with Crippen molar-refractivity contribution < 1.29 is 4.79 Å². The molecule has 0 radical (unpaired) electrons. The Kier molecular flexibility index (Phi) is 3.33. The van der Waals surface area contributed by atoms with Crippen LogP contribution in [0.25, 0.3) is 11.0 Å². The van der Waals surface area contributed by atoms with Crippen molar-refractivity contribution in [3.05, 3.63) is 64.1 Å². The van der Waals surface area contributed by atoms with Crippen molar-refractivity contribution in [3.8, 4) is 0 Å². The third-order valence-corrected chi connectivity index (χ3v) is 3.92. The summed E-state index contributed by atoms with van der Waals surface area (Å²) in [6.45, 7) is 1.90. The topological polar surface area (TPSA) is 56.0 Å². The summed E-state index contributed by atoms with van der Waals surface area (Å²) in [6, 6.07) is 12.9. The fourth-order valence-electron chi connectivity index (χ4n) is 2.61. The van der Waals surface area contributed by atoms with Gasteiger partial charge < -0.3 is 5.32 Å². The molecule has 0 fully saturated rings. The number of benzene rings is 2. The molecule has 1 N–H and O–H groups in total. The van der Waals surface area contributed by atoms with Crippen LogP contribution >= 0.6 is 0 Å². The van der Waals surface area contributed by atoms with Crippen molar-refractivity contribution in [3.63, 3.8) is 0 Å². The number of carbonyl (C=O) groups excluding carboxylic acids is 1. The van der Waals surface area contributed by atoms with Crippen molar-refractivity contribution >= 4 is 22.6 Å². The van der Waals surface area contributed by atoms with Gasteiger partial charge in [0.1, 0.15) is 0 Å². The van der Waals surface area contributed by atoms with Gasteiger partial charge in [0.25, 0.3) is 5.91 Å². The molecule has 3 rings (SSSR count). The lowest BCUT2D eigenvalue weighted by Crippen LogP contribution is -2.19. The van der Waals surface area contributed by atoms with Gasteiger partial charge >= 0.3 is 5.69 Å². The van der Waals surface area contributed by atoms with E-state index in [4.69, 9.17) is 0 Å². The van der Waals surface area contributed by atoms with Crippen LogP contribution < -0.4 is 11.0 Å². The van der Waals surface area contributed by atoms with E-state index < -0.39 is 0 Å². The molecular formula is C17H17N3O2. The second-order valence-corrected chi connectivity index (χ2v) is 5.37. The number of amides is 1. The maximum absolute atomic E-state index is 12.3. The van der Waals surface area contributed by atoms with Crippen molar-refractivity contribution in [2.24, 2.45) is 14.1 Å². The van der Waals surface area contributed by atoms with Gasteiger partial charge in [-0.05, 0) is 36.8 Å². The van der Waals surface area contributed by atoms with Crippen molar-refractivity contribution in [1.82, 2.24) is 9.13 Å². The highest BCUT2D eigenvalue weighted by Gasteiger charge is 2.11. The third kappa shape index (κ3) is 2.20. The van der Waals surface area contributed by atoms with E-state index in [0.717, 1.165) is 16.6 Å². The Bertz CT molecular complexity index is 935. The smallest absolute Gasteiger partial charge is 0.322 e. The van der Waals surface area contributed by atoms with Gasteiger partial charge in [-0.3, -0.25) is 13.9 Å². The number of anilines is 1. The van der Waals surface area contributed by atoms with Crippen LogP contribution in [0.15, 0.2) is 47.3 Å². The van der Waals surface area contributed by atoms with E-state index in [-0.39, 0.29) is 11.6 Å². The molecule has 0 saturated carbocycles. The van der Waals surface area contributed by atoms with Crippen molar-refractivity contribution in [2.75, 3.05) is 5.32 Å². The number of hydrogen-bond acceptors (Lipinski definition) is 2. The number of nitrogens with zero attached hydrogens (tertiary/aromatic N) is 2. The summed E-state index contributed by atoms with van der Waals surface area (Å²) in [5.41, 5.74) is 3.77. The number of fused-ring (bicyclic) bond motifs is 1. The standard InChI is InChI=1S/C17H17N3O2/c1-11-6-4-5-7-13(11)16(21)18-12-8-9-14-15(10-12)20(3)17(22)19(14)2/h4-10H,1-3H3,(H,18,21). The molecule has 0 atom stereocenters. The van der Waals surface area contributed by atoms with Gasteiger partial charge in [-0.25, -0.2) is 4.79 Å². The molecule has 1 amide bonds. The van der Waals surface area contributed by atoms with Gasteiger partial charge in [0.2, 0.25) is 0 Å². The molecule has 0 unspecified atom stereocenters. The third-order valence-electron chi connectivity index (χ3n) is 3.92. The predicted octanol–water partition coefficient (Wildman–Crippen LogP) is 2.44. The molecule has 0 spiro atoms. The maximum Gasteiger partial charge on any atom is 0.328 e. The number of rotatable bonds is 2. The summed E-state index contributed by atoms with van der Waals surface area (Å²) in [6.07, 6.45) is 0. The molecule has 0 aliphatic rings. The van der Waals surface area contributed by atoms with Crippen LogP contribution in [0.4, 0.5) is 5.69 Å². The first-order valence-electron chi connectivity index (χ1n) is 7.01. The van der Waals surface area contributed by atoms with E-state index in [0.29, 0.717) is 11.3 Å². The monoisotopic (exact) mass is 295 g/mol. The van der Waals surface area contributed by atoms with E-state index in [1.807, 2.05) is 37.3 Å². The minimum atomic E-state index is -0.154. The van der Waals surface area contributed by atoms with Gasteiger partial charge in [0.05, 0.1) is 11.0 Å². The zero-order chi connectivity index (χ0) is 15.9. The Morgan fingerprint density at radius 3 is 2.41 bits per heavy atom.